The summed E-state index contributed by atoms with van der Waals surface area (Å²) in [5.41, 5.74) is 3.38. The quantitative estimate of drug-likeness (QED) is 0.498. The lowest BCUT2D eigenvalue weighted by Crippen LogP contribution is -2.11. The van der Waals surface area contributed by atoms with Crippen molar-refractivity contribution in [3.05, 3.63) is 66.1 Å². The second-order valence-electron chi connectivity index (χ2n) is 6.51. The Morgan fingerprint density at radius 3 is 2.50 bits per heavy atom. The number of benzene rings is 1. The average molecular weight is 426 g/mol. The van der Waals surface area contributed by atoms with Crippen LogP contribution in [0.4, 0.5) is 5.69 Å². The highest BCUT2D eigenvalue weighted by atomic mass is 32.2. The van der Waals surface area contributed by atoms with Crippen molar-refractivity contribution < 1.29 is 17.7 Å². The van der Waals surface area contributed by atoms with Gasteiger partial charge in [0.25, 0.3) is 10.0 Å². The minimum Gasteiger partial charge on any atom is -0.439 e. The Morgan fingerprint density at radius 1 is 1.10 bits per heavy atom. The lowest BCUT2D eigenvalue weighted by atomic mass is 10.2. The zero-order valence-electron chi connectivity index (χ0n) is 16.4. The van der Waals surface area contributed by atoms with Crippen molar-refractivity contribution in [3.63, 3.8) is 0 Å². The molecular weight excluding hydrogens is 408 g/mol. The molecule has 11 heteroatoms. The lowest BCUT2D eigenvalue weighted by molar-refractivity contribution is 0.417. The molecule has 0 unspecified atom stereocenters. The zero-order chi connectivity index (χ0) is 21.3. The van der Waals surface area contributed by atoms with E-state index in [0.29, 0.717) is 23.1 Å². The molecule has 0 aliphatic rings. The molecule has 1 N–H and O–H groups in total. The molecule has 4 aromatic rings. The van der Waals surface area contributed by atoms with Crippen molar-refractivity contribution in [2.24, 2.45) is 0 Å². The number of rotatable bonds is 6. The second-order valence-corrected chi connectivity index (χ2v) is 8.20. The van der Waals surface area contributed by atoms with E-state index in [1.807, 2.05) is 20.8 Å². The van der Waals surface area contributed by atoms with Gasteiger partial charge in [-0.2, -0.15) is 5.10 Å². The molecule has 0 bridgehead atoms. The molecule has 1 aromatic carbocycles. The maximum absolute atomic E-state index is 12.2. The molecule has 0 aliphatic carbocycles. The van der Waals surface area contributed by atoms with E-state index in [9.17, 15) is 8.42 Å². The van der Waals surface area contributed by atoms with Gasteiger partial charge >= 0.3 is 0 Å². The van der Waals surface area contributed by atoms with Crippen molar-refractivity contribution in [2.45, 2.75) is 25.7 Å². The summed E-state index contributed by atoms with van der Waals surface area (Å²) < 4.78 is 38.9. The molecule has 3 heterocycles. The van der Waals surface area contributed by atoms with Crippen molar-refractivity contribution in [3.8, 4) is 17.4 Å². The number of nitrogens with zero attached hydrogens (tertiary/aromatic N) is 5. The SMILES string of the molecule is Cc1nn(-c2cc(Oc3ccc(NS(=O)(=O)c4cnoc4)cc3)ncn2)c(C)c1C. The highest BCUT2D eigenvalue weighted by Gasteiger charge is 2.16. The molecule has 0 fully saturated rings. The summed E-state index contributed by atoms with van der Waals surface area (Å²) in [5.74, 6) is 1.41. The van der Waals surface area contributed by atoms with Gasteiger partial charge in [-0.05, 0) is 50.6 Å². The summed E-state index contributed by atoms with van der Waals surface area (Å²) in [6, 6.07) is 8.09. The van der Waals surface area contributed by atoms with E-state index < -0.39 is 10.0 Å². The summed E-state index contributed by atoms with van der Waals surface area (Å²) in [7, 11) is -3.76. The van der Waals surface area contributed by atoms with Gasteiger partial charge in [0.05, 0.1) is 11.9 Å². The van der Waals surface area contributed by atoms with Gasteiger partial charge < -0.3 is 9.26 Å². The van der Waals surface area contributed by atoms with E-state index in [4.69, 9.17) is 4.74 Å². The number of nitrogens with one attached hydrogen (secondary N) is 1. The van der Waals surface area contributed by atoms with Gasteiger partial charge in [-0.25, -0.2) is 23.1 Å². The Bertz CT molecular complexity index is 1280. The number of aryl methyl sites for hydroxylation is 1. The van der Waals surface area contributed by atoms with Crippen LogP contribution in [0, 0.1) is 20.8 Å². The molecule has 154 valence electrons. The Labute approximate surface area is 172 Å². The highest BCUT2D eigenvalue weighted by molar-refractivity contribution is 7.92. The van der Waals surface area contributed by atoms with Gasteiger partial charge in [0.15, 0.2) is 5.82 Å². The summed E-state index contributed by atoms with van der Waals surface area (Å²) in [6.45, 7) is 5.92. The standard InChI is InChI=1S/C19H18N6O4S/c1-12-13(2)23-25(14(12)3)18-8-19(21-11-20-18)29-16-6-4-15(5-7-16)24-30(26,27)17-9-22-28-10-17/h4-11,24H,1-3H3. The first-order chi connectivity index (χ1) is 14.3. The molecule has 0 spiro atoms. The molecule has 0 atom stereocenters. The maximum atomic E-state index is 12.2. The summed E-state index contributed by atoms with van der Waals surface area (Å²) in [4.78, 5) is 8.34. The number of hydrogen-bond donors (Lipinski definition) is 1. The molecule has 30 heavy (non-hydrogen) atoms. The second kappa shape index (κ2) is 7.59. The smallest absolute Gasteiger partial charge is 0.266 e. The number of ether oxygens (including phenoxy) is 1. The predicted octanol–water partition coefficient (Wildman–Crippen LogP) is 3.17. The number of aromatic nitrogens is 5. The van der Waals surface area contributed by atoms with Gasteiger partial charge in [-0.3, -0.25) is 4.72 Å². The van der Waals surface area contributed by atoms with Crippen LogP contribution in [0.3, 0.4) is 0 Å². The molecule has 0 saturated heterocycles. The Balaban J connectivity index is 1.51. The minimum absolute atomic E-state index is 0.0595. The minimum atomic E-state index is -3.76. The van der Waals surface area contributed by atoms with Crippen molar-refractivity contribution in [1.29, 1.82) is 0 Å². The van der Waals surface area contributed by atoms with Crippen molar-refractivity contribution >= 4 is 15.7 Å². The normalized spacial score (nSPS) is 11.4. The van der Waals surface area contributed by atoms with E-state index >= 15 is 0 Å². The molecule has 3 aromatic heterocycles. The predicted molar refractivity (Wildman–Crippen MR) is 107 cm³/mol. The van der Waals surface area contributed by atoms with Crippen LogP contribution in [0.25, 0.3) is 5.82 Å². The van der Waals surface area contributed by atoms with Crippen LogP contribution in [0.15, 0.2) is 58.5 Å². The van der Waals surface area contributed by atoms with E-state index in [-0.39, 0.29) is 4.90 Å². The van der Waals surface area contributed by atoms with Crippen LogP contribution >= 0.6 is 0 Å². The Morgan fingerprint density at radius 2 is 1.87 bits per heavy atom. The third-order valence-electron chi connectivity index (χ3n) is 4.55. The fourth-order valence-corrected chi connectivity index (χ4v) is 3.61. The molecule has 0 aliphatic heterocycles. The van der Waals surface area contributed by atoms with Gasteiger partial charge in [0.2, 0.25) is 5.88 Å². The first kappa shape index (κ1) is 19.6. The van der Waals surface area contributed by atoms with Crippen LogP contribution in [0.2, 0.25) is 0 Å². The average Bonchev–Trinajstić information content (AvgIpc) is 3.35. The summed E-state index contributed by atoms with van der Waals surface area (Å²) in [6.07, 6.45) is 3.57. The van der Waals surface area contributed by atoms with Crippen LogP contribution in [-0.2, 0) is 10.0 Å². The molecule has 10 nitrogen and oxygen atoms in total. The zero-order valence-corrected chi connectivity index (χ0v) is 17.2. The fraction of sp³-hybridized carbons (Fsp3) is 0.158. The first-order valence-corrected chi connectivity index (χ1v) is 10.4. The molecular formula is C19H18N6O4S. The van der Waals surface area contributed by atoms with Crippen LogP contribution in [-0.4, -0.2) is 33.3 Å². The van der Waals surface area contributed by atoms with Crippen molar-refractivity contribution in [1.82, 2.24) is 24.9 Å². The molecule has 0 amide bonds. The number of hydrogen-bond acceptors (Lipinski definition) is 8. The van der Waals surface area contributed by atoms with Crippen LogP contribution < -0.4 is 9.46 Å². The number of sulfonamides is 1. The van der Waals surface area contributed by atoms with Crippen molar-refractivity contribution in [2.75, 3.05) is 4.72 Å². The maximum Gasteiger partial charge on any atom is 0.266 e. The van der Waals surface area contributed by atoms with E-state index in [2.05, 4.69) is 29.5 Å². The third-order valence-corrected chi connectivity index (χ3v) is 5.87. The summed E-state index contributed by atoms with van der Waals surface area (Å²) >= 11 is 0. The summed E-state index contributed by atoms with van der Waals surface area (Å²) in [5, 5.41) is 7.89. The lowest BCUT2D eigenvalue weighted by Gasteiger charge is -2.09. The Kier molecular flexibility index (Phi) is 4.96. The number of anilines is 1. The van der Waals surface area contributed by atoms with E-state index in [1.54, 1.807) is 35.0 Å². The van der Waals surface area contributed by atoms with Crippen LogP contribution in [0.1, 0.15) is 17.0 Å². The van der Waals surface area contributed by atoms with Gasteiger partial charge in [0, 0.05) is 17.4 Å². The van der Waals surface area contributed by atoms with Gasteiger partial charge in [-0.1, -0.05) is 5.16 Å². The van der Waals surface area contributed by atoms with Gasteiger partial charge in [0.1, 0.15) is 23.2 Å². The Hall–Kier alpha value is -3.73. The monoisotopic (exact) mass is 426 g/mol. The molecule has 0 saturated carbocycles. The fourth-order valence-electron chi connectivity index (χ4n) is 2.70. The van der Waals surface area contributed by atoms with Crippen LogP contribution in [0.5, 0.6) is 11.6 Å². The molecule has 4 rings (SSSR count). The largest absolute Gasteiger partial charge is 0.439 e. The topological polar surface area (TPSA) is 125 Å². The highest BCUT2D eigenvalue weighted by Crippen LogP contribution is 2.24. The third kappa shape index (κ3) is 3.87. The first-order valence-electron chi connectivity index (χ1n) is 8.89. The molecule has 0 radical (unpaired) electrons. The van der Waals surface area contributed by atoms with Gasteiger partial charge in [-0.15, -0.1) is 0 Å². The van der Waals surface area contributed by atoms with E-state index in [1.165, 1.54) is 6.33 Å². The van der Waals surface area contributed by atoms with E-state index in [0.717, 1.165) is 29.4 Å².